The second kappa shape index (κ2) is 31.3. The van der Waals surface area contributed by atoms with Crippen molar-refractivity contribution in [1.82, 2.24) is 0 Å². The lowest BCUT2D eigenvalue weighted by molar-refractivity contribution is -0.274. The minimum Gasteiger partial charge on any atom is -0.299 e. The molecular formula is C28H59O6PS2. The maximum absolute atomic E-state index is 11.7. The highest BCUT2D eigenvalue weighted by atomic mass is 32.2. The molecule has 1 N–H and O–H groups in total. The largest absolute Gasteiger partial charge is 0.526 e. The van der Waals surface area contributed by atoms with Crippen LogP contribution in [0.15, 0.2) is 0 Å². The third-order valence-corrected chi connectivity index (χ3v) is 8.85. The lowest BCUT2D eigenvalue weighted by atomic mass is 10.1. The second-order valence-corrected chi connectivity index (χ2v) is 13.5. The molecule has 0 rings (SSSR count). The summed E-state index contributed by atoms with van der Waals surface area (Å²) in [6, 6.07) is 0. The Kier molecular flexibility index (Phi) is 31.9. The van der Waals surface area contributed by atoms with E-state index in [2.05, 4.69) is 23.2 Å². The smallest absolute Gasteiger partial charge is 0.299 e. The van der Waals surface area contributed by atoms with Gasteiger partial charge in [-0.1, -0.05) is 129 Å². The van der Waals surface area contributed by atoms with Crippen molar-refractivity contribution < 1.29 is 28.6 Å². The maximum Gasteiger partial charge on any atom is 0.526 e. The molecule has 0 saturated carbocycles. The summed E-state index contributed by atoms with van der Waals surface area (Å²) in [5.41, 5.74) is 0. The van der Waals surface area contributed by atoms with Crippen LogP contribution in [0, 0.1) is 0 Å². The Balaban J connectivity index is 3.28. The fraction of sp³-hybridized carbons (Fsp3) is 1.00. The van der Waals surface area contributed by atoms with Crippen molar-refractivity contribution >= 4 is 31.3 Å². The minimum absolute atomic E-state index is 0.241. The van der Waals surface area contributed by atoms with Gasteiger partial charge in [0.2, 0.25) is 0 Å². The molecular weight excluding hydrogens is 527 g/mol. The summed E-state index contributed by atoms with van der Waals surface area (Å²) in [6.45, 7) is 5.00. The van der Waals surface area contributed by atoms with Crippen molar-refractivity contribution in [3.05, 3.63) is 0 Å². The first-order chi connectivity index (χ1) is 18.1. The van der Waals surface area contributed by atoms with E-state index >= 15 is 0 Å². The number of hydrogen-bond donors (Lipinski definition) is 1. The Labute approximate surface area is 237 Å². The molecule has 37 heavy (non-hydrogen) atoms. The Bertz CT molecular complexity index is 450. The first-order valence-corrected chi connectivity index (χ1v) is 19.0. The van der Waals surface area contributed by atoms with E-state index in [9.17, 15) is 9.46 Å². The van der Waals surface area contributed by atoms with E-state index in [0.717, 1.165) is 11.5 Å². The van der Waals surface area contributed by atoms with Crippen LogP contribution in [0.5, 0.6) is 0 Å². The minimum atomic E-state index is -4.33. The predicted octanol–water partition coefficient (Wildman–Crippen LogP) is 10.3. The quantitative estimate of drug-likeness (QED) is 0.0361. The molecule has 0 aliphatic heterocycles. The lowest BCUT2D eigenvalue weighted by Gasteiger charge is -2.10. The Hall–Kier alpha value is 0.730. The van der Waals surface area contributed by atoms with E-state index in [1.807, 2.05) is 0 Å². The average Bonchev–Trinajstić information content (AvgIpc) is 2.88. The van der Waals surface area contributed by atoms with Gasteiger partial charge in [-0.2, -0.15) is 23.5 Å². The molecule has 0 aromatic heterocycles. The van der Waals surface area contributed by atoms with Crippen molar-refractivity contribution in [2.24, 2.45) is 0 Å². The summed E-state index contributed by atoms with van der Waals surface area (Å²) in [7, 11) is -4.33. The Morgan fingerprint density at radius 3 is 1.11 bits per heavy atom. The first-order valence-electron chi connectivity index (χ1n) is 15.2. The maximum atomic E-state index is 11.7. The van der Waals surface area contributed by atoms with Gasteiger partial charge in [-0.25, -0.2) is 14.3 Å². The SMILES string of the molecule is CCCCCCCCCCCCSCCOOP(=O)(O)OOCCSCCCCCCCCCCCC. The predicted molar refractivity (Wildman–Crippen MR) is 162 cm³/mol. The van der Waals surface area contributed by atoms with Gasteiger partial charge in [-0.3, -0.25) is 4.89 Å². The van der Waals surface area contributed by atoms with Gasteiger partial charge in [0.1, 0.15) is 0 Å². The van der Waals surface area contributed by atoms with Gasteiger partial charge in [-0.05, 0) is 24.3 Å². The molecule has 0 aliphatic rings. The Morgan fingerprint density at radius 2 is 0.784 bits per heavy atom. The van der Waals surface area contributed by atoms with E-state index in [-0.39, 0.29) is 13.2 Å². The van der Waals surface area contributed by atoms with Crippen LogP contribution < -0.4 is 0 Å². The number of rotatable bonds is 32. The highest BCUT2D eigenvalue weighted by Gasteiger charge is 2.24. The standard InChI is InChI=1S/C28H59O6PS2/c1-3-5-7-9-11-13-15-17-19-21-25-36-27-23-31-33-35(29,30)34-32-24-28-37-26-22-20-18-16-14-12-10-8-6-4-2/h3-28H2,1-2H3,(H,29,30). The van der Waals surface area contributed by atoms with Crippen LogP contribution in [0.1, 0.15) is 142 Å². The van der Waals surface area contributed by atoms with Crippen molar-refractivity contribution in [2.45, 2.75) is 142 Å². The van der Waals surface area contributed by atoms with Crippen LogP contribution in [-0.2, 0) is 23.7 Å². The fourth-order valence-electron chi connectivity index (χ4n) is 3.99. The molecule has 0 spiro atoms. The molecule has 0 bridgehead atoms. The summed E-state index contributed by atoms with van der Waals surface area (Å²) in [6.07, 6.45) is 26.7. The van der Waals surface area contributed by atoms with Gasteiger partial charge in [-0.15, -0.1) is 9.35 Å². The third-order valence-electron chi connectivity index (χ3n) is 6.20. The first kappa shape index (κ1) is 37.7. The summed E-state index contributed by atoms with van der Waals surface area (Å²) in [5, 5.41) is 0. The molecule has 0 saturated heterocycles. The van der Waals surface area contributed by atoms with Gasteiger partial charge < -0.3 is 0 Å². The molecule has 224 valence electrons. The summed E-state index contributed by atoms with van der Waals surface area (Å²) in [5.74, 6) is 3.59. The Morgan fingerprint density at radius 1 is 0.486 bits per heavy atom. The van der Waals surface area contributed by atoms with Crippen molar-refractivity contribution in [3.63, 3.8) is 0 Å². The molecule has 0 aromatic carbocycles. The molecule has 0 unspecified atom stereocenters. The molecule has 0 fully saturated rings. The van der Waals surface area contributed by atoms with Gasteiger partial charge in [0, 0.05) is 11.5 Å². The van der Waals surface area contributed by atoms with Crippen LogP contribution in [0.4, 0.5) is 0 Å². The fourth-order valence-corrected chi connectivity index (χ4v) is 6.03. The molecule has 6 nitrogen and oxygen atoms in total. The van der Waals surface area contributed by atoms with E-state index < -0.39 is 7.82 Å². The molecule has 0 radical (unpaired) electrons. The van der Waals surface area contributed by atoms with Gasteiger partial charge in [0.15, 0.2) is 0 Å². The number of unbranched alkanes of at least 4 members (excludes halogenated alkanes) is 18. The zero-order valence-electron chi connectivity index (χ0n) is 24.1. The highest BCUT2D eigenvalue weighted by Crippen LogP contribution is 2.43. The molecule has 0 atom stereocenters. The monoisotopic (exact) mass is 586 g/mol. The van der Waals surface area contributed by atoms with Crippen LogP contribution >= 0.6 is 31.3 Å². The van der Waals surface area contributed by atoms with Crippen molar-refractivity contribution in [2.75, 3.05) is 36.2 Å². The average molecular weight is 587 g/mol. The van der Waals surface area contributed by atoms with E-state index in [4.69, 9.17) is 9.78 Å². The second-order valence-electron chi connectivity index (χ2n) is 9.85. The summed E-state index contributed by atoms with van der Waals surface area (Å²) < 4.78 is 20.7. The zero-order chi connectivity index (χ0) is 27.1. The molecule has 0 aromatic rings. The van der Waals surface area contributed by atoms with Gasteiger partial charge in [0.05, 0.1) is 13.2 Å². The van der Waals surface area contributed by atoms with Gasteiger partial charge >= 0.3 is 7.82 Å². The number of hydrogen-bond acceptors (Lipinski definition) is 7. The van der Waals surface area contributed by atoms with Crippen molar-refractivity contribution in [1.29, 1.82) is 0 Å². The zero-order valence-corrected chi connectivity index (χ0v) is 26.7. The molecule has 9 heteroatoms. The molecule has 0 heterocycles. The third kappa shape index (κ3) is 32.8. The lowest BCUT2D eigenvalue weighted by Crippen LogP contribution is -2.03. The van der Waals surface area contributed by atoms with E-state index in [1.54, 1.807) is 23.5 Å². The topological polar surface area (TPSA) is 74.2 Å². The highest BCUT2D eigenvalue weighted by molar-refractivity contribution is 7.99. The van der Waals surface area contributed by atoms with E-state index in [0.29, 0.717) is 11.5 Å². The van der Waals surface area contributed by atoms with Crippen molar-refractivity contribution in [3.8, 4) is 0 Å². The summed E-state index contributed by atoms with van der Waals surface area (Å²) >= 11 is 3.54. The number of thioether (sulfide) groups is 2. The van der Waals surface area contributed by atoms with Crippen LogP contribution in [0.3, 0.4) is 0 Å². The van der Waals surface area contributed by atoms with Crippen LogP contribution in [0.2, 0.25) is 0 Å². The van der Waals surface area contributed by atoms with Crippen LogP contribution in [0.25, 0.3) is 0 Å². The van der Waals surface area contributed by atoms with E-state index in [1.165, 1.54) is 128 Å². The van der Waals surface area contributed by atoms with Crippen LogP contribution in [-0.4, -0.2) is 41.1 Å². The number of phosphoric acid groups is 1. The normalized spacial score (nSPS) is 12.0. The summed E-state index contributed by atoms with van der Waals surface area (Å²) in [4.78, 5) is 19.2. The van der Waals surface area contributed by atoms with Gasteiger partial charge in [0.25, 0.3) is 0 Å². The molecule has 0 amide bonds. The molecule has 0 aliphatic carbocycles.